The molecular formula is C19H34O4. The van der Waals surface area contributed by atoms with Gasteiger partial charge < -0.3 is 9.47 Å². The van der Waals surface area contributed by atoms with Gasteiger partial charge in [-0.15, -0.1) is 0 Å². The Morgan fingerprint density at radius 1 is 0.739 bits per heavy atom. The van der Waals surface area contributed by atoms with Crippen LogP contribution in [0.2, 0.25) is 0 Å². The van der Waals surface area contributed by atoms with Crippen LogP contribution < -0.4 is 0 Å². The zero-order valence-electron chi connectivity index (χ0n) is 15.0. The van der Waals surface area contributed by atoms with Crippen molar-refractivity contribution >= 4 is 11.9 Å². The van der Waals surface area contributed by atoms with Crippen LogP contribution >= 0.6 is 0 Å². The van der Waals surface area contributed by atoms with E-state index in [1.54, 1.807) is 0 Å². The largest absolute Gasteiger partial charge is 0.466 e. The van der Waals surface area contributed by atoms with Crippen molar-refractivity contribution < 1.29 is 19.1 Å². The summed E-state index contributed by atoms with van der Waals surface area (Å²) < 4.78 is 10.4. The van der Waals surface area contributed by atoms with Gasteiger partial charge in [0.05, 0.1) is 25.0 Å². The Kier molecular flexibility index (Phi) is 10.8. The molecule has 0 aromatic carbocycles. The second kappa shape index (κ2) is 12.4. The van der Waals surface area contributed by atoms with E-state index in [1.807, 2.05) is 6.92 Å². The van der Waals surface area contributed by atoms with E-state index in [2.05, 4.69) is 6.92 Å². The highest BCUT2D eigenvalue weighted by Gasteiger charge is 2.31. The molecule has 0 unspecified atom stereocenters. The third kappa shape index (κ3) is 8.38. The maximum atomic E-state index is 12.0. The Morgan fingerprint density at radius 2 is 1.22 bits per heavy atom. The van der Waals surface area contributed by atoms with Crippen LogP contribution in [0.4, 0.5) is 0 Å². The normalized spacial score (nSPS) is 21.0. The van der Waals surface area contributed by atoms with Crippen molar-refractivity contribution in [3.8, 4) is 0 Å². The van der Waals surface area contributed by atoms with Gasteiger partial charge in [0.2, 0.25) is 0 Å². The third-order valence-corrected chi connectivity index (χ3v) is 4.67. The fourth-order valence-electron chi connectivity index (χ4n) is 3.17. The molecule has 0 aliphatic heterocycles. The van der Waals surface area contributed by atoms with E-state index < -0.39 is 0 Å². The van der Waals surface area contributed by atoms with Gasteiger partial charge in [-0.25, -0.2) is 0 Å². The van der Waals surface area contributed by atoms with Crippen LogP contribution in [0.3, 0.4) is 0 Å². The van der Waals surface area contributed by atoms with E-state index in [0.29, 0.717) is 13.2 Å². The predicted octanol–water partition coefficient (Wildman–Crippen LogP) is 4.65. The fourth-order valence-corrected chi connectivity index (χ4v) is 3.17. The van der Waals surface area contributed by atoms with Gasteiger partial charge in [0.1, 0.15) is 0 Å². The number of unbranched alkanes of at least 4 members (excludes halogenated alkanes) is 6. The summed E-state index contributed by atoms with van der Waals surface area (Å²) in [7, 11) is 0. The zero-order chi connectivity index (χ0) is 16.9. The first kappa shape index (κ1) is 20.0. The van der Waals surface area contributed by atoms with Gasteiger partial charge in [-0.3, -0.25) is 9.59 Å². The van der Waals surface area contributed by atoms with Gasteiger partial charge in [0.25, 0.3) is 0 Å². The second-order valence-corrected chi connectivity index (χ2v) is 6.59. The van der Waals surface area contributed by atoms with E-state index >= 15 is 0 Å². The van der Waals surface area contributed by atoms with Gasteiger partial charge in [-0.05, 0) is 39.0 Å². The minimum atomic E-state index is -0.109. The van der Waals surface area contributed by atoms with Gasteiger partial charge in [0, 0.05) is 0 Å². The number of ether oxygens (including phenoxy) is 2. The quantitative estimate of drug-likeness (QED) is 0.410. The lowest BCUT2D eigenvalue weighted by Gasteiger charge is -2.25. The van der Waals surface area contributed by atoms with Crippen molar-refractivity contribution in [3.63, 3.8) is 0 Å². The Bertz CT molecular complexity index is 332. The number of carbonyl (C=O) groups excluding carboxylic acids is 2. The number of hydrogen-bond donors (Lipinski definition) is 0. The van der Waals surface area contributed by atoms with Gasteiger partial charge in [-0.2, -0.15) is 0 Å². The van der Waals surface area contributed by atoms with Crippen LogP contribution in [0.15, 0.2) is 0 Å². The molecule has 0 amide bonds. The maximum absolute atomic E-state index is 12.0. The van der Waals surface area contributed by atoms with Crippen LogP contribution in [0.1, 0.15) is 84.5 Å². The number of hydrogen-bond acceptors (Lipinski definition) is 4. The second-order valence-electron chi connectivity index (χ2n) is 6.59. The monoisotopic (exact) mass is 326 g/mol. The van der Waals surface area contributed by atoms with Crippen LogP contribution in [0.25, 0.3) is 0 Å². The number of esters is 2. The lowest BCUT2D eigenvalue weighted by Crippen LogP contribution is -2.28. The summed E-state index contributed by atoms with van der Waals surface area (Å²) in [5.74, 6) is -0.229. The summed E-state index contributed by atoms with van der Waals surface area (Å²) in [6.07, 6.45) is 11.6. The highest BCUT2D eigenvalue weighted by atomic mass is 16.5. The lowest BCUT2D eigenvalue weighted by atomic mass is 9.82. The van der Waals surface area contributed by atoms with Crippen LogP contribution in [0, 0.1) is 11.8 Å². The molecule has 0 spiro atoms. The lowest BCUT2D eigenvalue weighted by molar-refractivity contribution is -0.155. The molecule has 4 heteroatoms. The Balaban J connectivity index is 2.05. The van der Waals surface area contributed by atoms with Gasteiger partial charge in [0.15, 0.2) is 0 Å². The molecule has 1 rings (SSSR count). The van der Waals surface area contributed by atoms with Crippen molar-refractivity contribution in [2.45, 2.75) is 84.5 Å². The molecule has 4 nitrogen and oxygen atoms in total. The predicted molar refractivity (Wildman–Crippen MR) is 91.0 cm³/mol. The minimum Gasteiger partial charge on any atom is -0.466 e. The first-order chi connectivity index (χ1) is 11.2. The summed E-state index contributed by atoms with van der Waals surface area (Å²) >= 11 is 0. The van der Waals surface area contributed by atoms with Crippen molar-refractivity contribution in [1.82, 2.24) is 0 Å². The smallest absolute Gasteiger partial charge is 0.308 e. The van der Waals surface area contributed by atoms with Crippen LogP contribution in [-0.2, 0) is 19.1 Å². The third-order valence-electron chi connectivity index (χ3n) is 4.67. The molecule has 0 radical (unpaired) electrons. The minimum absolute atomic E-state index is 0.0229. The molecule has 23 heavy (non-hydrogen) atoms. The van der Waals surface area contributed by atoms with Crippen LogP contribution in [-0.4, -0.2) is 25.2 Å². The van der Waals surface area contributed by atoms with Crippen molar-refractivity contribution in [2.75, 3.05) is 13.2 Å². The standard InChI is InChI=1S/C19H34O4/c1-3-5-6-7-8-9-10-15-23-19(21)17-13-11-16(12-14-17)18(20)22-4-2/h16-17H,3-15H2,1-2H3. The van der Waals surface area contributed by atoms with Gasteiger partial charge in [-0.1, -0.05) is 45.4 Å². The number of carbonyl (C=O) groups is 2. The molecule has 0 N–H and O–H groups in total. The summed E-state index contributed by atoms with van der Waals surface area (Å²) in [4.78, 5) is 23.7. The summed E-state index contributed by atoms with van der Waals surface area (Å²) in [6.45, 7) is 5.02. The average molecular weight is 326 g/mol. The summed E-state index contributed by atoms with van der Waals surface area (Å²) in [5.41, 5.74) is 0. The first-order valence-corrected chi connectivity index (χ1v) is 9.52. The van der Waals surface area contributed by atoms with Crippen LogP contribution in [0.5, 0.6) is 0 Å². The fraction of sp³-hybridized carbons (Fsp3) is 0.895. The summed E-state index contributed by atoms with van der Waals surface area (Å²) in [5, 5.41) is 0. The van der Waals surface area contributed by atoms with Crippen molar-refractivity contribution in [1.29, 1.82) is 0 Å². The molecule has 0 atom stereocenters. The molecule has 1 aliphatic rings. The summed E-state index contributed by atoms with van der Waals surface area (Å²) in [6, 6.07) is 0. The average Bonchev–Trinajstić information content (AvgIpc) is 2.57. The van der Waals surface area contributed by atoms with Gasteiger partial charge >= 0.3 is 11.9 Å². The zero-order valence-corrected chi connectivity index (χ0v) is 15.0. The molecule has 1 aliphatic carbocycles. The highest BCUT2D eigenvalue weighted by Crippen LogP contribution is 2.30. The van der Waals surface area contributed by atoms with E-state index in [0.717, 1.165) is 38.5 Å². The van der Waals surface area contributed by atoms with Crippen molar-refractivity contribution in [3.05, 3.63) is 0 Å². The molecule has 0 saturated heterocycles. The molecule has 1 fully saturated rings. The molecule has 0 bridgehead atoms. The molecule has 0 aromatic rings. The maximum Gasteiger partial charge on any atom is 0.308 e. The molecule has 1 saturated carbocycles. The first-order valence-electron chi connectivity index (χ1n) is 9.52. The van der Waals surface area contributed by atoms with E-state index in [1.165, 1.54) is 32.1 Å². The number of rotatable bonds is 11. The van der Waals surface area contributed by atoms with E-state index in [4.69, 9.17) is 9.47 Å². The Morgan fingerprint density at radius 3 is 1.74 bits per heavy atom. The highest BCUT2D eigenvalue weighted by molar-refractivity contribution is 5.75. The molecule has 134 valence electrons. The topological polar surface area (TPSA) is 52.6 Å². The van der Waals surface area contributed by atoms with Crippen molar-refractivity contribution in [2.24, 2.45) is 11.8 Å². The molecular weight excluding hydrogens is 292 g/mol. The SMILES string of the molecule is CCCCCCCCCOC(=O)C1CCC(C(=O)OCC)CC1. The Hall–Kier alpha value is -1.06. The Labute approximate surface area is 141 Å². The van der Waals surface area contributed by atoms with E-state index in [9.17, 15) is 9.59 Å². The molecule has 0 aromatic heterocycles. The van der Waals surface area contributed by atoms with E-state index in [-0.39, 0.29) is 23.8 Å². The molecule has 0 heterocycles.